The van der Waals surface area contributed by atoms with E-state index in [1.54, 1.807) is 4.90 Å². The fraction of sp³-hybridized carbons (Fsp3) is 0.583. The van der Waals surface area contributed by atoms with Gasteiger partial charge in [0.2, 0.25) is 11.8 Å². The van der Waals surface area contributed by atoms with Crippen LogP contribution < -0.4 is 10.6 Å². The first-order valence-corrected chi connectivity index (χ1v) is 12.0. The van der Waals surface area contributed by atoms with Crippen molar-refractivity contribution in [1.29, 1.82) is 0 Å². The monoisotopic (exact) mass is 471 g/mol. The van der Waals surface area contributed by atoms with Crippen LogP contribution in [0.3, 0.4) is 0 Å². The summed E-state index contributed by atoms with van der Waals surface area (Å²) in [5.41, 5.74) is 7.41. The van der Waals surface area contributed by atoms with E-state index >= 15 is 0 Å². The van der Waals surface area contributed by atoms with Gasteiger partial charge in [-0.15, -0.1) is 0 Å². The van der Waals surface area contributed by atoms with Crippen molar-refractivity contribution in [2.75, 3.05) is 50.8 Å². The second-order valence-corrected chi connectivity index (χ2v) is 9.21. The number of rotatable bonds is 7. The summed E-state index contributed by atoms with van der Waals surface area (Å²) in [5, 5.41) is 15.1. The number of carbonyl (C=O) groups is 3. The van der Waals surface area contributed by atoms with E-state index in [1.165, 1.54) is 0 Å². The highest BCUT2D eigenvalue weighted by atomic mass is 16.5. The van der Waals surface area contributed by atoms with Gasteiger partial charge in [-0.1, -0.05) is 0 Å². The van der Waals surface area contributed by atoms with Crippen molar-refractivity contribution in [3.05, 3.63) is 29.8 Å². The predicted octanol–water partition coefficient (Wildman–Crippen LogP) is 1.24. The van der Waals surface area contributed by atoms with E-state index < -0.39 is 11.4 Å². The molecule has 0 aliphatic carbocycles. The Bertz CT molecular complexity index is 934. The smallest absolute Gasteiger partial charge is 0.303 e. The number of carboxylic acid groups (broad SMARTS) is 1. The van der Waals surface area contributed by atoms with Gasteiger partial charge < -0.3 is 25.4 Å². The fourth-order valence-corrected chi connectivity index (χ4v) is 4.94. The molecule has 3 heterocycles. The molecule has 1 spiro atoms. The van der Waals surface area contributed by atoms with E-state index in [0.29, 0.717) is 71.0 Å². The van der Waals surface area contributed by atoms with Crippen LogP contribution in [0.4, 0.5) is 5.69 Å². The van der Waals surface area contributed by atoms with Gasteiger partial charge in [0.05, 0.1) is 31.7 Å². The quantitative estimate of drug-likeness (QED) is 0.452. The maximum absolute atomic E-state index is 13.4. The molecule has 184 valence electrons. The van der Waals surface area contributed by atoms with Crippen LogP contribution in [0.5, 0.6) is 0 Å². The number of anilines is 1. The molecule has 1 aromatic rings. The molecule has 0 saturated carbocycles. The van der Waals surface area contributed by atoms with Crippen molar-refractivity contribution in [1.82, 2.24) is 9.91 Å². The number of nitrogens with zero attached hydrogens (tertiary/aromatic N) is 4. The Morgan fingerprint density at radius 3 is 2.29 bits per heavy atom. The standard InChI is InChI=1S/C24H33N5O5/c25-22(26-28-14-16-34-17-15-28)18-4-6-19(7-5-18)29-13-10-24(23(29)33)8-11-27(12-9-24)20(30)2-1-3-21(31)32/h4-7H,1-3,8-17H2,(H2,25,26)(H,31,32). The number of nitrogens with two attached hydrogens (primary N) is 1. The number of morpholine rings is 1. The highest BCUT2D eigenvalue weighted by molar-refractivity contribution is 6.01. The molecule has 2 amide bonds. The Morgan fingerprint density at radius 2 is 1.65 bits per heavy atom. The molecule has 3 N–H and O–H groups in total. The average molecular weight is 472 g/mol. The summed E-state index contributed by atoms with van der Waals surface area (Å²) in [6, 6.07) is 7.61. The zero-order valence-electron chi connectivity index (χ0n) is 19.4. The fourth-order valence-electron chi connectivity index (χ4n) is 4.94. The minimum absolute atomic E-state index is 0.000469. The molecule has 0 unspecified atom stereocenters. The summed E-state index contributed by atoms with van der Waals surface area (Å²) in [7, 11) is 0. The van der Waals surface area contributed by atoms with Crippen LogP contribution in [0, 0.1) is 5.41 Å². The highest BCUT2D eigenvalue weighted by Crippen LogP contribution is 2.43. The summed E-state index contributed by atoms with van der Waals surface area (Å²) in [4.78, 5) is 40.0. The van der Waals surface area contributed by atoms with Crippen LogP contribution >= 0.6 is 0 Å². The minimum atomic E-state index is -0.887. The van der Waals surface area contributed by atoms with E-state index in [-0.39, 0.29) is 24.7 Å². The van der Waals surface area contributed by atoms with E-state index in [0.717, 1.165) is 17.7 Å². The molecule has 4 rings (SSSR count). The predicted molar refractivity (Wildman–Crippen MR) is 126 cm³/mol. The Morgan fingerprint density at radius 1 is 1.00 bits per heavy atom. The van der Waals surface area contributed by atoms with E-state index in [1.807, 2.05) is 34.2 Å². The van der Waals surface area contributed by atoms with Crippen molar-refractivity contribution >= 4 is 29.3 Å². The number of hydrazone groups is 1. The van der Waals surface area contributed by atoms with Gasteiger partial charge in [-0.2, -0.15) is 5.10 Å². The number of hydrogen-bond donors (Lipinski definition) is 2. The molecule has 3 aliphatic heterocycles. The van der Waals surface area contributed by atoms with Crippen LogP contribution in [-0.4, -0.2) is 84.6 Å². The van der Waals surface area contributed by atoms with Crippen LogP contribution in [-0.2, 0) is 19.1 Å². The molecule has 10 nitrogen and oxygen atoms in total. The maximum Gasteiger partial charge on any atom is 0.303 e. The molecule has 3 aliphatic rings. The number of piperidine rings is 1. The molecule has 0 aromatic heterocycles. The lowest BCUT2D eigenvalue weighted by Gasteiger charge is -2.38. The van der Waals surface area contributed by atoms with E-state index in [4.69, 9.17) is 15.6 Å². The normalized spacial score (nSPS) is 20.8. The van der Waals surface area contributed by atoms with E-state index in [2.05, 4.69) is 5.10 Å². The van der Waals surface area contributed by atoms with Crippen molar-refractivity contribution in [2.24, 2.45) is 16.3 Å². The van der Waals surface area contributed by atoms with Gasteiger partial charge in [-0.25, -0.2) is 0 Å². The number of carboxylic acids is 1. The van der Waals surface area contributed by atoms with Crippen molar-refractivity contribution in [3.63, 3.8) is 0 Å². The van der Waals surface area contributed by atoms with Gasteiger partial charge in [-0.3, -0.25) is 19.4 Å². The summed E-state index contributed by atoms with van der Waals surface area (Å²) in [6.45, 7) is 4.46. The summed E-state index contributed by atoms with van der Waals surface area (Å²) in [6.07, 6.45) is 2.65. The molecule has 3 fully saturated rings. The lowest BCUT2D eigenvalue weighted by Crippen LogP contribution is -2.46. The van der Waals surface area contributed by atoms with Gasteiger partial charge in [-0.05, 0) is 49.9 Å². The molecular weight excluding hydrogens is 438 g/mol. The number of amides is 2. The SMILES string of the molecule is N/C(=N\N1CCOCC1)c1ccc(N2CCC3(CCN(C(=O)CCCC(=O)O)CC3)C2=O)cc1. The van der Waals surface area contributed by atoms with Crippen molar-refractivity contribution in [3.8, 4) is 0 Å². The third-order valence-corrected chi connectivity index (χ3v) is 7.08. The molecule has 3 saturated heterocycles. The Hall–Kier alpha value is -3.14. The molecule has 1 aromatic carbocycles. The van der Waals surface area contributed by atoms with Gasteiger partial charge in [0.15, 0.2) is 5.84 Å². The molecule has 0 atom stereocenters. The Balaban J connectivity index is 1.33. The topological polar surface area (TPSA) is 129 Å². The number of hydrogen-bond acceptors (Lipinski definition) is 6. The van der Waals surface area contributed by atoms with Crippen LogP contribution in [0.25, 0.3) is 0 Å². The summed E-state index contributed by atoms with van der Waals surface area (Å²) in [5.74, 6) is -0.348. The number of carbonyl (C=O) groups excluding carboxylic acids is 2. The second-order valence-electron chi connectivity index (χ2n) is 9.21. The lowest BCUT2D eigenvalue weighted by molar-refractivity contribution is -0.139. The Labute approximate surface area is 199 Å². The lowest BCUT2D eigenvalue weighted by atomic mass is 9.77. The zero-order chi connectivity index (χ0) is 24.1. The zero-order valence-corrected chi connectivity index (χ0v) is 19.4. The molecular formula is C24H33N5O5. The van der Waals surface area contributed by atoms with Crippen molar-refractivity contribution in [2.45, 2.75) is 38.5 Å². The van der Waals surface area contributed by atoms with Crippen molar-refractivity contribution < 1.29 is 24.2 Å². The Kier molecular flexibility index (Phi) is 7.35. The number of ether oxygens (including phenoxy) is 1. The molecule has 34 heavy (non-hydrogen) atoms. The molecule has 0 bridgehead atoms. The van der Waals surface area contributed by atoms with Gasteiger partial charge in [0.25, 0.3) is 0 Å². The largest absolute Gasteiger partial charge is 0.481 e. The number of benzene rings is 1. The minimum Gasteiger partial charge on any atom is -0.481 e. The van der Waals surface area contributed by atoms with Crippen LogP contribution in [0.1, 0.15) is 44.1 Å². The van der Waals surface area contributed by atoms with Crippen LogP contribution in [0.2, 0.25) is 0 Å². The molecule has 0 radical (unpaired) electrons. The number of aliphatic carboxylic acids is 1. The third kappa shape index (κ3) is 5.32. The van der Waals surface area contributed by atoms with Gasteiger partial charge in [0.1, 0.15) is 0 Å². The number of likely N-dealkylation sites (tertiary alicyclic amines) is 1. The first kappa shape index (κ1) is 24.0. The van der Waals surface area contributed by atoms with Crippen LogP contribution in [0.15, 0.2) is 29.4 Å². The first-order chi connectivity index (χ1) is 16.4. The van der Waals surface area contributed by atoms with Gasteiger partial charge in [0, 0.05) is 43.7 Å². The highest BCUT2D eigenvalue weighted by Gasteiger charge is 2.48. The summed E-state index contributed by atoms with van der Waals surface area (Å²) < 4.78 is 5.33. The maximum atomic E-state index is 13.4. The third-order valence-electron chi connectivity index (χ3n) is 7.08. The first-order valence-electron chi connectivity index (χ1n) is 12.0. The second kappa shape index (κ2) is 10.4. The molecule has 10 heteroatoms. The number of amidine groups is 1. The van der Waals surface area contributed by atoms with E-state index in [9.17, 15) is 14.4 Å². The average Bonchev–Trinajstić information content (AvgIpc) is 3.15. The van der Waals surface area contributed by atoms with Gasteiger partial charge >= 0.3 is 5.97 Å². The summed E-state index contributed by atoms with van der Waals surface area (Å²) >= 11 is 0.